The summed E-state index contributed by atoms with van der Waals surface area (Å²) in [7, 11) is -1.68. The van der Waals surface area contributed by atoms with E-state index < -0.39 is 17.0 Å². The van der Waals surface area contributed by atoms with Crippen molar-refractivity contribution in [1.29, 1.82) is 0 Å². The van der Waals surface area contributed by atoms with Gasteiger partial charge in [-0.05, 0) is 31.0 Å². The second-order valence-corrected chi connectivity index (χ2v) is 6.08. The number of benzene rings is 1. The molecular formula is C15H24N2O3S. The summed E-state index contributed by atoms with van der Waals surface area (Å²) in [5, 5.41) is 14.6. The molecule has 1 aromatic rings. The molecule has 1 unspecified atom stereocenters. The van der Waals surface area contributed by atoms with E-state index in [0.29, 0.717) is 4.90 Å². The van der Waals surface area contributed by atoms with Crippen molar-refractivity contribution < 1.29 is 14.1 Å². The van der Waals surface area contributed by atoms with E-state index in [1.165, 1.54) is 6.07 Å². The highest BCUT2D eigenvalue weighted by Gasteiger charge is 2.13. The molecule has 0 radical (unpaired) electrons. The van der Waals surface area contributed by atoms with Gasteiger partial charge in [0.2, 0.25) is 0 Å². The van der Waals surface area contributed by atoms with Crippen molar-refractivity contribution in [2.45, 2.75) is 44.4 Å². The van der Waals surface area contributed by atoms with Gasteiger partial charge < -0.3 is 10.0 Å². The summed E-state index contributed by atoms with van der Waals surface area (Å²) in [4.78, 5) is 13.7. The highest BCUT2D eigenvalue weighted by Crippen LogP contribution is 2.22. The minimum atomic E-state index is -1.68. The predicted molar refractivity (Wildman–Crippen MR) is 86.0 cm³/mol. The smallest absolute Gasteiger partial charge is 0.335 e. The first-order valence-electron chi connectivity index (χ1n) is 7.29. The zero-order chi connectivity index (χ0) is 15.8. The molecule has 0 aliphatic carbocycles. The number of nitrogens with zero attached hydrogens (tertiary/aromatic N) is 1. The number of hydrogen-bond donors (Lipinski definition) is 2. The average molecular weight is 312 g/mol. The van der Waals surface area contributed by atoms with Gasteiger partial charge in [0.05, 0.1) is 10.5 Å². The van der Waals surface area contributed by atoms with Gasteiger partial charge in [-0.15, -0.1) is 0 Å². The summed E-state index contributed by atoms with van der Waals surface area (Å²) < 4.78 is 11.5. The fourth-order valence-electron chi connectivity index (χ4n) is 2.07. The summed E-state index contributed by atoms with van der Waals surface area (Å²) >= 11 is 0. The molecule has 1 atom stereocenters. The maximum Gasteiger partial charge on any atom is 0.335 e. The number of aromatic carboxylic acids is 1. The van der Waals surface area contributed by atoms with E-state index in [0.717, 1.165) is 44.5 Å². The van der Waals surface area contributed by atoms with E-state index in [-0.39, 0.29) is 5.56 Å². The molecular weight excluding hydrogens is 288 g/mol. The highest BCUT2D eigenvalue weighted by atomic mass is 32.2. The molecule has 0 aliphatic heterocycles. The molecule has 0 heterocycles. The molecule has 0 aromatic heterocycles. The quantitative estimate of drug-likeness (QED) is 0.734. The number of carboxylic acid groups (broad SMARTS) is 1. The van der Waals surface area contributed by atoms with Crippen LogP contribution in [0.25, 0.3) is 0 Å². The van der Waals surface area contributed by atoms with Gasteiger partial charge in [0.25, 0.3) is 0 Å². The topological polar surface area (TPSA) is 83.6 Å². The third kappa shape index (κ3) is 5.47. The van der Waals surface area contributed by atoms with Gasteiger partial charge in [0.15, 0.2) is 0 Å². The first-order valence-corrected chi connectivity index (χ1v) is 8.50. The normalized spacial score (nSPS) is 12.1. The third-order valence-corrected chi connectivity index (χ3v) is 4.00. The van der Waals surface area contributed by atoms with Gasteiger partial charge in [-0.2, -0.15) is 0 Å². The number of carboxylic acids is 1. The molecule has 0 spiro atoms. The second-order valence-electron chi connectivity index (χ2n) is 5.01. The Labute approximate surface area is 128 Å². The molecule has 1 rings (SSSR count). The SMILES string of the molecule is CCCCN(CCCC)c1cc(C(=O)O)cc(S(N)=O)c1. The molecule has 1 aromatic carbocycles. The summed E-state index contributed by atoms with van der Waals surface area (Å²) in [6.07, 6.45) is 4.19. The van der Waals surface area contributed by atoms with Crippen LogP contribution < -0.4 is 10.0 Å². The Balaban J connectivity index is 3.14. The molecule has 0 aliphatic rings. The van der Waals surface area contributed by atoms with Gasteiger partial charge in [-0.1, -0.05) is 26.7 Å². The molecule has 0 amide bonds. The van der Waals surface area contributed by atoms with Crippen molar-refractivity contribution in [1.82, 2.24) is 0 Å². The fraction of sp³-hybridized carbons (Fsp3) is 0.533. The predicted octanol–water partition coefficient (Wildman–Crippen LogP) is 2.77. The number of carbonyl (C=O) groups is 1. The van der Waals surface area contributed by atoms with Crippen molar-refractivity contribution in [3.05, 3.63) is 23.8 Å². The number of hydrogen-bond acceptors (Lipinski definition) is 3. The van der Waals surface area contributed by atoms with E-state index >= 15 is 0 Å². The summed E-state index contributed by atoms with van der Waals surface area (Å²) in [6, 6.07) is 4.73. The van der Waals surface area contributed by atoms with Crippen molar-refractivity contribution in [3.63, 3.8) is 0 Å². The van der Waals surface area contributed by atoms with Crippen LogP contribution in [0.3, 0.4) is 0 Å². The Kier molecular flexibility index (Phi) is 7.39. The van der Waals surface area contributed by atoms with Crippen molar-refractivity contribution in [3.8, 4) is 0 Å². The van der Waals surface area contributed by atoms with Gasteiger partial charge in [0.1, 0.15) is 11.0 Å². The summed E-state index contributed by atoms with van der Waals surface area (Å²) in [6.45, 7) is 5.95. The van der Waals surface area contributed by atoms with Crippen LogP contribution in [0.1, 0.15) is 49.9 Å². The lowest BCUT2D eigenvalue weighted by Gasteiger charge is -2.25. The van der Waals surface area contributed by atoms with Gasteiger partial charge in [-0.3, -0.25) is 0 Å². The first kappa shape index (κ1) is 17.7. The second kappa shape index (κ2) is 8.79. The molecule has 6 heteroatoms. The third-order valence-electron chi connectivity index (χ3n) is 3.30. The summed E-state index contributed by atoms with van der Waals surface area (Å²) in [5.41, 5.74) is 0.907. The minimum Gasteiger partial charge on any atom is -0.478 e. The Morgan fingerprint density at radius 1 is 1.19 bits per heavy atom. The zero-order valence-corrected chi connectivity index (χ0v) is 13.5. The van der Waals surface area contributed by atoms with E-state index in [1.54, 1.807) is 12.1 Å². The standard InChI is InChI=1S/C15H24N2O3S/c1-3-5-7-17(8-6-4-2)13-9-12(15(18)19)10-14(11-13)21(16)20/h9-11H,3-8,16H2,1-2H3,(H,18,19). The molecule has 21 heavy (non-hydrogen) atoms. The van der Waals surface area contributed by atoms with E-state index in [2.05, 4.69) is 18.7 Å². The largest absolute Gasteiger partial charge is 0.478 e. The van der Waals surface area contributed by atoms with Crippen LogP contribution in [-0.4, -0.2) is 28.4 Å². The van der Waals surface area contributed by atoms with E-state index in [1.807, 2.05) is 0 Å². The van der Waals surface area contributed by atoms with Crippen LogP contribution in [0, 0.1) is 0 Å². The van der Waals surface area contributed by atoms with Crippen molar-refractivity contribution in [2.75, 3.05) is 18.0 Å². The van der Waals surface area contributed by atoms with Crippen LogP contribution in [0.2, 0.25) is 0 Å². The Hall–Kier alpha value is -1.40. The molecule has 0 fully saturated rings. The lowest BCUT2D eigenvalue weighted by atomic mass is 10.1. The molecule has 0 saturated carbocycles. The van der Waals surface area contributed by atoms with Gasteiger partial charge in [-0.25, -0.2) is 14.1 Å². The molecule has 5 nitrogen and oxygen atoms in total. The number of nitrogens with two attached hydrogens (primary N) is 1. The lowest BCUT2D eigenvalue weighted by molar-refractivity contribution is 0.0696. The number of anilines is 1. The fourth-order valence-corrected chi connectivity index (χ4v) is 2.55. The van der Waals surface area contributed by atoms with Gasteiger partial charge in [0, 0.05) is 18.8 Å². The minimum absolute atomic E-state index is 0.124. The maximum atomic E-state index is 11.5. The first-order chi connectivity index (χ1) is 9.99. The van der Waals surface area contributed by atoms with Crippen LogP contribution in [0.15, 0.2) is 23.1 Å². The lowest BCUT2D eigenvalue weighted by Crippen LogP contribution is -2.26. The number of unbranched alkanes of at least 4 members (excludes halogenated alkanes) is 2. The molecule has 3 N–H and O–H groups in total. The summed E-state index contributed by atoms with van der Waals surface area (Å²) in [5.74, 6) is -1.03. The van der Waals surface area contributed by atoms with Crippen LogP contribution in [-0.2, 0) is 11.0 Å². The molecule has 0 saturated heterocycles. The van der Waals surface area contributed by atoms with Crippen molar-refractivity contribution >= 4 is 22.6 Å². The Bertz CT molecular complexity index is 465. The Morgan fingerprint density at radius 2 is 1.76 bits per heavy atom. The molecule has 118 valence electrons. The Morgan fingerprint density at radius 3 is 2.19 bits per heavy atom. The number of rotatable bonds is 9. The van der Waals surface area contributed by atoms with Gasteiger partial charge >= 0.3 is 5.97 Å². The average Bonchev–Trinajstić information content (AvgIpc) is 2.46. The van der Waals surface area contributed by atoms with Crippen LogP contribution in [0.4, 0.5) is 5.69 Å². The van der Waals surface area contributed by atoms with Crippen LogP contribution >= 0.6 is 0 Å². The van der Waals surface area contributed by atoms with Crippen LogP contribution in [0.5, 0.6) is 0 Å². The molecule has 0 bridgehead atoms. The van der Waals surface area contributed by atoms with E-state index in [9.17, 15) is 14.1 Å². The van der Waals surface area contributed by atoms with Crippen molar-refractivity contribution in [2.24, 2.45) is 5.14 Å². The zero-order valence-electron chi connectivity index (χ0n) is 12.7. The van der Waals surface area contributed by atoms with E-state index in [4.69, 9.17) is 5.14 Å². The highest BCUT2D eigenvalue weighted by molar-refractivity contribution is 7.82. The maximum absolute atomic E-state index is 11.5. The monoisotopic (exact) mass is 312 g/mol.